The van der Waals surface area contributed by atoms with E-state index in [1.807, 2.05) is 12.3 Å². The van der Waals surface area contributed by atoms with Crippen LogP contribution in [-0.2, 0) is 13.0 Å². The summed E-state index contributed by atoms with van der Waals surface area (Å²) in [6.07, 6.45) is 7.01. The predicted octanol–water partition coefficient (Wildman–Crippen LogP) is 2.22. The van der Waals surface area contributed by atoms with Crippen LogP contribution in [0.25, 0.3) is 0 Å². The molecule has 3 nitrogen and oxygen atoms in total. The summed E-state index contributed by atoms with van der Waals surface area (Å²) in [4.78, 5) is 6.96. The van der Waals surface area contributed by atoms with Crippen LogP contribution in [0.15, 0.2) is 18.3 Å². The van der Waals surface area contributed by atoms with Gasteiger partial charge >= 0.3 is 0 Å². The van der Waals surface area contributed by atoms with Gasteiger partial charge in [0, 0.05) is 25.3 Å². The van der Waals surface area contributed by atoms with Crippen LogP contribution >= 0.6 is 0 Å². The van der Waals surface area contributed by atoms with Gasteiger partial charge in [-0.05, 0) is 44.5 Å². The van der Waals surface area contributed by atoms with Crippen molar-refractivity contribution in [3.05, 3.63) is 29.6 Å². The molecule has 1 atom stereocenters. The molecule has 18 heavy (non-hydrogen) atoms. The van der Waals surface area contributed by atoms with Crippen molar-refractivity contribution in [2.75, 3.05) is 20.1 Å². The molecule has 1 saturated heterocycles. The third-order valence-corrected chi connectivity index (χ3v) is 3.96. The highest BCUT2D eigenvalue weighted by atomic mass is 15.2. The molecule has 1 aliphatic heterocycles. The molecule has 1 N–H and O–H groups in total. The Balaban J connectivity index is 1.80. The number of piperidine rings is 1. The molecule has 0 aliphatic carbocycles. The average Bonchev–Trinajstić information content (AvgIpc) is 2.41. The van der Waals surface area contributed by atoms with Crippen molar-refractivity contribution >= 4 is 0 Å². The Bertz CT molecular complexity index is 365. The smallest absolute Gasteiger partial charge is 0.0573 e. The molecule has 2 rings (SSSR count). The van der Waals surface area contributed by atoms with Crippen molar-refractivity contribution in [3.63, 3.8) is 0 Å². The minimum atomic E-state index is 0.701. The van der Waals surface area contributed by atoms with Crippen molar-refractivity contribution in [1.82, 2.24) is 15.2 Å². The van der Waals surface area contributed by atoms with E-state index >= 15 is 0 Å². The predicted molar refractivity (Wildman–Crippen MR) is 75.6 cm³/mol. The van der Waals surface area contributed by atoms with E-state index < -0.39 is 0 Å². The van der Waals surface area contributed by atoms with E-state index in [-0.39, 0.29) is 0 Å². The van der Waals surface area contributed by atoms with Crippen LogP contribution in [-0.4, -0.2) is 36.1 Å². The summed E-state index contributed by atoms with van der Waals surface area (Å²) in [6, 6.07) is 4.90. The first-order chi connectivity index (χ1) is 8.81. The van der Waals surface area contributed by atoms with Crippen molar-refractivity contribution in [2.24, 2.45) is 0 Å². The molecule has 1 aromatic rings. The van der Waals surface area contributed by atoms with Crippen LogP contribution < -0.4 is 5.32 Å². The fraction of sp³-hybridized carbons (Fsp3) is 0.667. The summed E-state index contributed by atoms with van der Waals surface area (Å²) < 4.78 is 0. The minimum absolute atomic E-state index is 0.701. The molecule has 2 heterocycles. The summed E-state index contributed by atoms with van der Waals surface area (Å²) >= 11 is 0. The molecule has 100 valence electrons. The van der Waals surface area contributed by atoms with Crippen LogP contribution in [0, 0.1) is 0 Å². The molecular formula is C15H25N3. The Morgan fingerprint density at radius 3 is 3.11 bits per heavy atom. The lowest BCUT2D eigenvalue weighted by Crippen LogP contribution is -2.43. The second-order valence-electron chi connectivity index (χ2n) is 5.22. The molecule has 0 radical (unpaired) electrons. The number of hydrogen-bond acceptors (Lipinski definition) is 3. The fourth-order valence-corrected chi connectivity index (χ4v) is 2.71. The van der Waals surface area contributed by atoms with Crippen molar-refractivity contribution in [1.29, 1.82) is 0 Å². The lowest BCUT2D eigenvalue weighted by atomic mass is 10.0. The maximum atomic E-state index is 4.48. The number of nitrogens with one attached hydrogen (secondary N) is 1. The number of aryl methyl sites for hydroxylation is 1. The molecule has 1 aromatic heterocycles. The van der Waals surface area contributed by atoms with Gasteiger partial charge in [0.15, 0.2) is 0 Å². The van der Waals surface area contributed by atoms with Crippen LogP contribution in [0.5, 0.6) is 0 Å². The largest absolute Gasteiger partial charge is 0.310 e. The van der Waals surface area contributed by atoms with Gasteiger partial charge in [-0.1, -0.05) is 19.4 Å². The number of rotatable bonds is 5. The van der Waals surface area contributed by atoms with Gasteiger partial charge < -0.3 is 10.2 Å². The van der Waals surface area contributed by atoms with Gasteiger partial charge in [0.25, 0.3) is 0 Å². The monoisotopic (exact) mass is 247 g/mol. The first-order valence-corrected chi connectivity index (χ1v) is 7.15. The number of likely N-dealkylation sites (tertiary alicyclic amines) is 1. The Kier molecular flexibility index (Phi) is 5.14. The summed E-state index contributed by atoms with van der Waals surface area (Å²) in [5.74, 6) is 0. The SMILES string of the molecule is CCc1cccnc1CNCC1CCCCN1C. The summed E-state index contributed by atoms with van der Waals surface area (Å²) in [5.41, 5.74) is 2.57. The van der Waals surface area contributed by atoms with E-state index in [0.717, 1.165) is 19.5 Å². The van der Waals surface area contributed by atoms with Crippen molar-refractivity contribution < 1.29 is 0 Å². The van der Waals surface area contributed by atoms with E-state index in [4.69, 9.17) is 0 Å². The van der Waals surface area contributed by atoms with E-state index in [1.165, 1.54) is 37.1 Å². The number of hydrogen-bond donors (Lipinski definition) is 1. The quantitative estimate of drug-likeness (QED) is 0.865. The maximum absolute atomic E-state index is 4.48. The topological polar surface area (TPSA) is 28.2 Å². The second-order valence-corrected chi connectivity index (χ2v) is 5.22. The van der Waals surface area contributed by atoms with Crippen LogP contribution in [0.3, 0.4) is 0 Å². The average molecular weight is 247 g/mol. The third-order valence-electron chi connectivity index (χ3n) is 3.96. The second kappa shape index (κ2) is 6.86. The Morgan fingerprint density at radius 1 is 1.44 bits per heavy atom. The Morgan fingerprint density at radius 2 is 2.33 bits per heavy atom. The number of pyridine rings is 1. The third kappa shape index (κ3) is 3.53. The maximum Gasteiger partial charge on any atom is 0.0573 e. The highest BCUT2D eigenvalue weighted by Crippen LogP contribution is 2.14. The van der Waals surface area contributed by atoms with E-state index in [1.54, 1.807) is 0 Å². The zero-order valence-corrected chi connectivity index (χ0v) is 11.7. The normalized spacial score (nSPS) is 21.1. The highest BCUT2D eigenvalue weighted by Gasteiger charge is 2.18. The zero-order chi connectivity index (χ0) is 12.8. The summed E-state index contributed by atoms with van der Waals surface area (Å²) in [7, 11) is 2.24. The molecule has 1 fully saturated rings. The molecule has 0 saturated carbocycles. The van der Waals surface area contributed by atoms with Gasteiger partial charge in [-0.15, -0.1) is 0 Å². The molecule has 1 aliphatic rings. The minimum Gasteiger partial charge on any atom is -0.310 e. The molecule has 0 amide bonds. The fourth-order valence-electron chi connectivity index (χ4n) is 2.71. The van der Waals surface area contributed by atoms with Crippen molar-refractivity contribution in [2.45, 2.75) is 45.2 Å². The van der Waals surface area contributed by atoms with E-state index in [0.29, 0.717) is 6.04 Å². The molecule has 1 unspecified atom stereocenters. The van der Waals surface area contributed by atoms with Gasteiger partial charge in [-0.2, -0.15) is 0 Å². The highest BCUT2D eigenvalue weighted by molar-refractivity contribution is 5.19. The summed E-state index contributed by atoms with van der Waals surface area (Å²) in [6.45, 7) is 5.41. The van der Waals surface area contributed by atoms with Gasteiger partial charge in [-0.25, -0.2) is 0 Å². The lowest BCUT2D eigenvalue weighted by molar-refractivity contribution is 0.181. The van der Waals surface area contributed by atoms with Gasteiger partial charge in [0.2, 0.25) is 0 Å². The van der Waals surface area contributed by atoms with Gasteiger partial charge in [-0.3, -0.25) is 4.98 Å². The molecule has 0 spiro atoms. The Hall–Kier alpha value is -0.930. The summed E-state index contributed by atoms with van der Waals surface area (Å²) in [5, 5.41) is 3.57. The van der Waals surface area contributed by atoms with Crippen molar-refractivity contribution in [3.8, 4) is 0 Å². The molecule has 0 aromatic carbocycles. The van der Waals surface area contributed by atoms with Gasteiger partial charge in [0.1, 0.15) is 0 Å². The number of aromatic nitrogens is 1. The zero-order valence-electron chi connectivity index (χ0n) is 11.7. The number of nitrogens with zero attached hydrogens (tertiary/aromatic N) is 2. The van der Waals surface area contributed by atoms with Crippen LogP contribution in [0.1, 0.15) is 37.4 Å². The first-order valence-electron chi connectivity index (χ1n) is 7.15. The van der Waals surface area contributed by atoms with Crippen LogP contribution in [0.2, 0.25) is 0 Å². The lowest BCUT2D eigenvalue weighted by Gasteiger charge is -2.32. The van der Waals surface area contributed by atoms with Crippen LogP contribution in [0.4, 0.5) is 0 Å². The molecular weight excluding hydrogens is 222 g/mol. The first kappa shape index (κ1) is 13.5. The van der Waals surface area contributed by atoms with E-state index in [9.17, 15) is 0 Å². The standard InChI is InChI=1S/C15H25N3/c1-3-13-7-6-9-17-15(13)12-16-11-14-8-4-5-10-18(14)2/h6-7,9,14,16H,3-5,8,10-12H2,1-2H3. The van der Waals surface area contributed by atoms with Gasteiger partial charge in [0.05, 0.1) is 5.69 Å². The Labute approximate surface area is 111 Å². The molecule has 0 bridgehead atoms. The number of likely N-dealkylation sites (N-methyl/N-ethyl adjacent to an activating group) is 1. The van der Waals surface area contributed by atoms with E-state index in [2.05, 4.69) is 35.2 Å². The molecule has 3 heteroatoms.